The van der Waals surface area contributed by atoms with E-state index in [9.17, 15) is 32.3 Å². The summed E-state index contributed by atoms with van der Waals surface area (Å²) < 4.78 is 58.5. The Kier molecular flexibility index (Phi) is 6.60. The summed E-state index contributed by atoms with van der Waals surface area (Å²) in [5.74, 6) is -1.28. The summed E-state index contributed by atoms with van der Waals surface area (Å²) >= 11 is 0. The van der Waals surface area contributed by atoms with E-state index in [0.29, 0.717) is 19.4 Å². The number of nitrogens with one attached hydrogen (secondary N) is 2. The first-order valence-electron chi connectivity index (χ1n) is 12.6. The molecule has 0 bridgehead atoms. The molecule has 3 aliphatic rings. The highest BCUT2D eigenvalue weighted by molar-refractivity contribution is 5.94. The number of alkyl halides is 3. The third-order valence-corrected chi connectivity index (χ3v) is 8.15. The number of piperidine rings is 1. The molecular formula is C25H29F4N5O4. The smallest absolute Gasteiger partial charge is 0.417 e. The van der Waals surface area contributed by atoms with Crippen LogP contribution in [0, 0.1) is 11.7 Å². The summed E-state index contributed by atoms with van der Waals surface area (Å²) in [4.78, 5) is 31.9. The summed E-state index contributed by atoms with van der Waals surface area (Å²) in [6.07, 6.45) is -2.11. The molecule has 1 atom stereocenters. The summed E-state index contributed by atoms with van der Waals surface area (Å²) in [5, 5.41) is 19.5. The van der Waals surface area contributed by atoms with E-state index in [1.54, 1.807) is 4.90 Å². The van der Waals surface area contributed by atoms with Gasteiger partial charge in [-0.3, -0.25) is 14.7 Å². The van der Waals surface area contributed by atoms with Gasteiger partial charge in [-0.1, -0.05) is 0 Å². The standard InChI is InChI=1S/C25H29F4N5O4/c1-38-20-10-16(17(26)13-30-20)18-11-19(33-32-18)22(36)34-9-4-14(12-23(34)7-8-23)21(35)31-15-2-5-24(37,6-3-15)25(27,28)29/h10-11,13-15,37H,2-9,12H2,1H3,(H,31,35)(H,32,33)/t14-,15?,24?/m0/s1. The lowest BCUT2D eigenvalue weighted by molar-refractivity contribution is -0.270. The highest BCUT2D eigenvalue weighted by Crippen LogP contribution is 2.50. The Bertz CT molecular complexity index is 1220. The Morgan fingerprint density at radius 2 is 1.89 bits per heavy atom. The number of halogens is 4. The second-order valence-corrected chi connectivity index (χ2v) is 10.6. The van der Waals surface area contributed by atoms with Crippen LogP contribution in [0.15, 0.2) is 18.3 Å². The fourth-order valence-electron chi connectivity index (χ4n) is 5.64. The number of pyridine rings is 1. The Labute approximate surface area is 215 Å². The number of hydrogen-bond acceptors (Lipinski definition) is 6. The molecule has 0 radical (unpaired) electrons. The van der Waals surface area contributed by atoms with Gasteiger partial charge in [-0.2, -0.15) is 18.3 Å². The fourth-order valence-corrected chi connectivity index (χ4v) is 5.64. The topological polar surface area (TPSA) is 120 Å². The number of rotatable bonds is 5. The molecule has 0 aromatic carbocycles. The molecule has 2 aromatic heterocycles. The van der Waals surface area contributed by atoms with Gasteiger partial charge in [-0.25, -0.2) is 9.37 Å². The number of hydrogen-bond donors (Lipinski definition) is 3. The van der Waals surface area contributed by atoms with Crippen LogP contribution in [0.4, 0.5) is 17.6 Å². The van der Waals surface area contributed by atoms with Crippen LogP contribution in [0.1, 0.15) is 61.9 Å². The minimum atomic E-state index is -4.69. The maximum Gasteiger partial charge on any atom is 0.417 e. The summed E-state index contributed by atoms with van der Waals surface area (Å²) in [7, 11) is 1.41. The van der Waals surface area contributed by atoms with Crippen LogP contribution in [-0.2, 0) is 4.79 Å². The van der Waals surface area contributed by atoms with E-state index in [0.717, 1.165) is 19.0 Å². The number of aromatic nitrogens is 3. The zero-order valence-electron chi connectivity index (χ0n) is 20.8. The molecule has 1 aliphatic heterocycles. The van der Waals surface area contributed by atoms with Gasteiger partial charge in [0.1, 0.15) is 5.69 Å². The molecule has 38 heavy (non-hydrogen) atoms. The van der Waals surface area contributed by atoms with E-state index < -0.39 is 42.0 Å². The second-order valence-electron chi connectivity index (χ2n) is 10.6. The highest BCUT2D eigenvalue weighted by atomic mass is 19.4. The van der Waals surface area contributed by atoms with Crippen LogP contribution in [0.2, 0.25) is 0 Å². The van der Waals surface area contributed by atoms with Crippen molar-refractivity contribution < 1.29 is 37.0 Å². The Balaban J connectivity index is 1.20. The van der Waals surface area contributed by atoms with E-state index in [1.807, 2.05) is 0 Å². The molecular weight excluding hydrogens is 510 g/mol. The molecule has 3 fully saturated rings. The molecule has 5 rings (SSSR count). The first-order valence-corrected chi connectivity index (χ1v) is 12.6. The zero-order chi connectivity index (χ0) is 27.3. The Hall–Kier alpha value is -3.22. The van der Waals surface area contributed by atoms with Crippen molar-refractivity contribution in [2.75, 3.05) is 13.7 Å². The number of nitrogens with zero attached hydrogens (tertiary/aromatic N) is 3. The first kappa shape index (κ1) is 26.4. The lowest BCUT2D eigenvalue weighted by atomic mass is 9.81. The summed E-state index contributed by atoms with van der Waals surface area (Å²) in [6.45, 7) is 0.335. The van der Waals surface area contributed by atoms with E-state index >= 15 is 0 Å². The molecule has 206 valence electrons. The van der Waals surface area contributed by atoms with Crippen LogP contribution in [-0.4, -0.2) is 74.0 Å². The molecule has 3 N–H and O–H groups in total. The number of likely N-dealkylation sites (tertiary alicyclic amines) is 1. The van der Waals surface area contributed by atoms with Crippen LogP contribution in [0.5, 0.6) is 5.88 Å². The second kappa shape index (κ2) is 9.51. The average Bonchev–Trinajstić information content (AvgIpc) is 3.46. The van der Waals surface area contributed by atoms with Gasteiger partial charge in [-0.15, -0.1) is 0 Å². The Morgan fingerprint density at radius 3 is 2.53 bits per heavy atom. The number of H-pyrrole nitrogens is 1. The summed E-state index contributed by atoms with van der Waals surface area (Å²) in [5.41, 5.74) is -2.59. The van der Waals surface area contributed by atoms with Crippen molar-refractivity contribution in [2.45, 2.75) is 74.7 Å². The van der Waals surface area contributed by atoms with Crippen molar-refractivity contribution in [1.29, 1.82) is 0 Å². The zero-order valence-corrected chi connectivity index (χ0v) is 20.8. The minimum absolute atomic E-state index is 0.0519. The van der Waals surface area contributed by atoms with Gasteiger partial charge in [0, 0.05) is 35.7 Å². The largest absolute Gasteiger partial charge is 0.481 e. The molecule has 2 amide bonds. The number of carbonyl (C=O) groups is 2. The molecule has 1 spiro atoms. The molecule has 9 nitrogen and oxygen atoms in total. The van der Waals surface area contributed by atoms with Crippen molar-refractivity contribution in [1.82, 2.24) is 25.4 Å². The van der Waals surface area contributed by atoms with Gasteiger partial charge < -0.3 is 20.1 Å². The normalized spacial score (nSPS) is 26.7. The maximum absolute atomic E-state index is 14.3. The maximum atomic E-state index is 14.3. The van der Waals surface area contributed by atoms with Crippen LogP contribution >= 0.6 is 0 Å². The number of aliphatic hydroxyl groups is 1. The monoisotopic (exact) mass is 539 g/mol. The van der Waals surface area contributed by atoms with Gasteiger partial charge in [0.25, 0.3) is 5.91 Å². The number of methoxy groups -OCH3 is 1. The molecule has 13 heteroatoms. The summed E-state index contributed by atoms with van der Waals surface area (Å²) in [6, 6.07) is 2.44. The number of carbonyl (C=O) groups excluding carboxylic acids is 2. The highest BCUT2D eigenvalue weighted by Gasteiger charge is 2.56. The number of amides is 2. The van der Waals surface area contributed by atoms with Crippen LogP contribution in [0.25, 0.3) is 11.3 Å². The molecule has 2 aromatic rings. The van der Waals surface area contributed by atoms with Crippen LogP contribution < -0.4 is 10.1 Å². The molecule has 3 heterocycles. The van der Waals surface area contributed by atoms with Gasteiger partial charge in [0.2, 0.25) is 11.8 Å². The predicted molar refractivity (Wildman–Crippen MR) is 125 cm³/mol. The molecule has 1 saturated heterocycles. The lowest BCUT2D eigenvalue weighted by Gasteiger charge is -2.41. The van der Waals surface area contributed by atoms with E-state index in [-0.39, 0.29) is 53.4 Å². The predicted octanol–water partition coefficient (Wildman–Crippen LogP) is 3.36. The van der Waals surface area contributed by atoms with Crippen molar-refractivity contribution in [2.24, 2.45) is 5.92 Å². The van der Waals surface area contributed by atoms with Crippen molar-refractivity contribution in [3.63, 3.8) is 0 Å². The van der Waals surface area contributed by atoms with Crippen LogP contribution in [0.3, 0.4) is 0 Å². The SMILES string of the molecule is COc1cc(-c2cc(C(=O)N3CC[C@H](C(=O)NC4CCC(O)(C(F)(F)F)CC4)CC34CC4)[nH]n2)c(F)cn1. The van der Waals surface area contributed by atoms with E-state index in [2.05, 4.69) is 20.5 Å². The van der Waals surface area contributed by atoms with Gasteiger partial charge >= 0.3 is 6.18 Å². The molecule has 0 unspecified atom stereocenters. The molecule has 2 aliphatic carbocycles. The lowest BCUT2D eigenvalue weighted by Crippen LogP contribution is -2.54. The number of aromatic amines is 1. The van der Waals surface area contributed by atoms with Gasteiger partial charge in [-0.05, 0) is 57.4 Å². The third-order valence-electron chi connectivity index (χ3n) is 8.15. The van der Waals surface area contributed by atoms with Crippen molar-refractivity contribution >= 4 is 11.8 Å². The van der Waals surface area contributed by atoms with Gasteiger partial charge in [0.05, 0.1) is 19.0 Å². The van der Waals surface area contributed by atoms with Crippen molar-refractivity contribution in [3.05, 3.63) is 29.8 Å². The van der Waals surface area contributed by atoms with E-state index in [1.165, 1.54) is 19.2 Å². The molecule has 2 saturated carbocycles. The average molecular weight is 540 g/mol. The quantitative estimate of drug-likeness (QED) is 0.502. The van der Waals surface area contributed by atoms with E-state index in [4.69, 9.17) is 4.74 Å². The third kappa shape index (κ3) is 4.83. The van der Waals surface area contributed by atoms with Gasteiger partial charge in [0.15, 0.2) is 11.4 Å². The fraction of sp³-hybridized carbons (Fsp3) is 0.600. The van der Waals surface area contributed by atoms with Crippen molar-refractivity contribution in [3.8, 4) is 17.1 Å². The Morgan fingerprint density at radius 1 is 1.18 bits per heavy atom. The first-order chi connectivity index (χ1) is 17.9. The number of ether oxygens (including phenoxy) is 1. The minimum Gasteiger partial charge on any atom is -0.481 e.